The molecule has 0 N–H and O–H groups in total. The highest BCUT2D eigenvalue weighted by Gasteiger charge is 2.10. The minimum Gasteiger partial charge on any atom is -0.494 e. The van der Waals surface area contributed by atoms with Crippen LogP contribution in [0.3, 0.4) is 0 Å². The minimum atomic E-state index is -0.565. The van der Waals surface area contributed by atoms with Crippen molar-refractivity contribution in [3.8, 4) is 5.75 Å². The molecule has 20 heavy (non-hydrogen) atoms. The highest BCUT2D eigenvalue weighted by molar-refractivity contribution is 8.00. The maximum atomic E-state index is 13.5. The summed E-state index contributed by atoms with van der Waals surface area (Å²) in [6.45, 7) is 0. The number of ether oxygens (including phenoxy) is 1. The number of thioether (sulfide) groups is 1. The molecule has 0 aliphatic heterocycles. The molecule has 0 unspecified atom stereocenters. The minimum absolute atomic E-state index is 0.104. The van der Waals surface area contributed by atoms with Gasteiger partial charge in [0.15, 0.2) is 17.3 Å². The second-order valence-corrected chi connectivity index (χ2v) is 5.06. The van der Waals surface area contributed by atoms with Gasteiger partial charge in [-0.15, -0.1) is 11.8 Å². The summed E-state index contributed by atoms with van der Waals surface area (Å²) in [5, 5.41) is 0. The lowest BCUT2D eigenvalue weighted by atomic mass is 10.1. The first-order valence-electron chi connectivity index (χ1n) is 5.85. The van der Waals surface area contributed by atoms with Gasteiger partial charge in [0, 0.05) is 10.5 Å². The fourth-order valence-corrected chi connectivity index (χ4v) is 2.40. The van der Waals surface area contributed by atoms with Gasteiger partial charge in [0.2, 0.25) is 0 Å². The lowest BCUT2D eigenvalue weighted by Crippen LogP contribution is -2.03. The first-order chi connectivity index (χ1) is 9.60. The zero-order valence-electron chi connectivity index (χ0n) is 10.7. The lowest BCUT2D eigenvalue weighted by molar-refractivity contribution is 0.102. The SMILES string of the molecule is COc1ccc(C(=O)CSc2ccc(F)cc2)cc1F. The molecule has 0 aliphatic rings. The van der Waals surface area contributed by atoms with E-state index in [9.17, 15) is 13.6 Å². The van der Waals surface area contributed by atoms with Crippen LogP contribution in [-0.4, -0.2) is 18.6 Å². The third-order valence-corrected chi connectivity index (χ3v) is 3.67. The maximum absolute atomic E-state index is 13.5. The predicted molar refractivity (Wildman–Crippen MR) is 74.4 cm³/mol. The molecule has 104 valence electrons. The van der Waals surface area contributed by atoms with E-state index in [0.29, 0.717) is 0 Å². The number of methoxy groups -OCH3 is 1. The molecule has 0 spiro atoms. The summed E-state index contributed by atoms with van der Waals surface area (Å²) in [6, 6.07) is 9.97. The average Bonchev–Trinajstić information content (AvgIpc) is 2.46. The highest BCUT2D eigenvalue weighted by atomic mass is 32.2. The Labute approximate surface area is 119 Å². The number of benzene rings is 2. The zero-order valence-corrected chi connectivity index (χ0v) is 11.5. The number of hydrogen-bond acceptors (Lipinski definition) is 3. The van der Waals surface area contributed by atoms with E-state index in [0.717, 1.165) is 11.0 Å². The largest absolute Gasteiger partial charge is 0.494 e. The van der Waals surface area contributed by atoms with E-state index in [2.05, 4.69) is 0 Å². The summed E-state index contributed by atoms with van der Waals surface area (Å²) in [5.41, 5.74) is 0.290. The molecule has 0 amide bonds. The molecule has 2 rings (SSSR count). The monoisotopic (exact) mass is 294 g/mol. The molecule has 2 aromatic carbocycles. The Morgan fingerprint density at radius 1 is 1.15 bits per heavy atom. The number of rotatable bonds is 5. The van der Waals surface area contributed by atoms with Gasteiger partial charge < -0.3 is 4.74 Å². The van der Waals surface area contributed by atoms with Gasteiger partial charge in [0.05, 0.1) is 12.9 Å². The molecule has 0 aliphatic carbocycles. The predicted octanol–water partition coefficient (Wildman–Crippen LogP) is 3.95. The van der Waals surface area contributed by atoms with E-state index in [1.165, 1.54) is 43.1 Å². The number of halogens is 2. The van der Waals surface area contributed by atoms with Crippen LogP contribution >= 0.6 is 11.8 Å². The third kappa shape index (κ3) is 3.57. The standard InChI is InChI=1S/C15H12F2O2S/c1-19-15-7-2-10(8-13(15)17)14(18)9-20-12-5-3-11(16)4-6-12/h2-8H,9H2,1H3. The van der Waals surface area contributed by atoms with Crippen molar-refractivity contribution in [1.82, 2.24) is 0 Å². The molecular formula is C15H12F2O2S. The van der Waals surface area contributed by atoms with Gasteiger partial charge in [0.25, 0.3) is 0 Å². The summed E-state index contributed by atoms with van der Waals surface area (Å²) in [4.78, 5) is 12.7. The molecule has 5 heteroatoms. The number of carbonyl (C=O) groups excluding carboxylic acids is 1. The van der Waals surface area contributed by atoms with E-state index < -0.39 is 5.82 Å². The molecule has 0 fully saturated rings. The van der Waals surface area contributed by atoms with E-state index in [-0.39, 0.29) is 28.7 Å². The van der Waals surface area contributed by atoms with E-state index in [1.807, 2.05) is 0 Å². The van der Waals surface area contributed by atoms with Gasteiger partial charge in [-0.3, -0.25) is 4.79 Å². The van der Waals surface area contributed by atoms with Crippen LogP contribution in [0.25, 0.3) is 0 Å². The van der Waals surface area contributed by atoms with Gasteiger partial charge in [0.1, 0.15) is 5.82 Å². The average molecular weight is 294 g/mol. The molecule has 0 bridgehead atoms. The highest BCUT2D eigenvalue weighted by Crippen LogP contribution is 2.22. The molecular weight excluding hydrogens is 282 g/mol. The fourth-order valence-electron chi connectivity index (χ4n) is 1.60. The summed E-state index contributed by atoms with van der Waals surface area (Å²) < 4.78 is 31.0. The molecule has 2 aromatic rings. The van der Waals surface area contributed by atoms with Crippen LogP contribution < -0.4 is 4.74 Å². The number of carbonyl (C=O) groups is 1. The second kappa shape index (κ2) is 6.52. The number of ketones is 1. The van der Waals surface area contributed by atoms with Crippen LogP contribution in [0.15, 0.2) is 47.4 Å². The Balaban J connectivity index is 2.01. The normalized spacial score (nSPS) is 10.3. The lowest BCUT2D eigenvalue weighted by Gasteiger charge is -2.05. The Morgan fingerprint density at radius 3 is 2.45 bits per heavy atom. The van der Waals surface area contributed by atoms with Crippen molar-refractivity contribution >= 4 is 17.5 Å². The number of hydrogen-bond donors (Lipinski definition) is 0. The van der Waals surface area contributed by atoms with Crippen molar-refractivity contribution in [1.29, 1.82) is 0 Å². The third-order valence-electron chi connectivity index (χ3n) is 2.66. The van der Waals surface area contributed by atoms with Crippen LogP contribution in [0, 0.1) is 11.6 Å². The zero-order chi connectivity index (χ0) is 14.5. The van der Waals surface area contributed by atoms with Gasteiger partial charge in [-0.2, -0.15) is 0 Å². The Kier molecular flexibility index (Phi) is 4.74. The second-order valence-electron chi connectivity index (χ2n) is 4.02. The van der Waals surface area contributed by atoms with Gasteiger partial charge in [-0.25, -0.2) is 8.78 Å². The van der Waals surface area contributed by atoms with Crippen molar-refractivity contribution in [2.45, 2.75) is 4.90 Å². The van der Waals surface area contributed by atoms with Crippen LogP contribution in [0.4, 0.5) is 8.78 Å². The first-order valence-corrected chi connectivity index (χ1v) is 6.84. The quantitative estimate of drug-likeness (QED) is 0.617. The van der Waals surface area contributed by atoms with Crippen LogP contribution in [0.1, 0.15) is 10.4 Å². The number of Topliss-reactive ketones (excluding diaryl/α,β-unsaturated/α-hetero) is 1. The smallest absolute Gasteiger partial charge is 0.173 e. The van der Waals surface area contributed by atoms with E-state index in [1.54, 1.807) is 12.1 Å². The van der Waals surface area contributed by atoms with Crippen molar-refractivity contribution in [3.05, 3.63) is 59.7 Å². The van der Waals surface area contributed by atoms with Crippen molar-refractivity contribution in [2.24, 2.45) is 0 Å². The van der Waals surface area contributed by atoms with E-state index >= 15 is 0 Å². The van der Waals surface area contributed by atoms with Gasteiger partial charge in [-0.1, -0.05) is 0 Å². The molecule has 0 atom stereocenters. The van der Waals surface area contributed by atoms with Crippen molar-refractivity contribution in [3.63, 3.8) is 0 Å². The summed E-state index contributed by atoms with van der Waals surface area (Å²) in [5.74, 6) is -0.811. The molecule has 0 radical (unpaired) electrons. The van der Waals surface area contributed by atoms with Gasteiger partial charge >= 0.3 is 0 Å². The molecule has 2 nitrogen and oxygen atoms in total. The van der Waals surface area contributed by atoms with Crippen molar-refractivity contribution in [2.75, 3.05) is 12.9 Å². The molecule has 0 saturated carbocycles. The van der Waals surface area contributed by atoms with Crippen LogP contribution in [0.5, 0.6) is 5.75 Å². The van der Waals surface area contributed by atoms with Gasteiger partial charge in [-0.05, 0) is 42.5 Å². The van der Waals surface area contributed by atoms with Crippen LogP contribution in [0.2, 0.25) is 0 Å². The Morgan fingerprint density at radius 2 is 1.85 bits per heavy atom. The van der Waals surface area contributed by atoms with E-state index in [4.69, 9.17) is 4.74 Å². The summed E-state index contributed by atoms with van der Waals surface area (Å²) in [6.07, 6.45) is 0. The molecule has 0 heterocycles. The first kappa shape index (κ1) is 14.5. The molecule has 0 saturated heterocycles. The summed E-state index contributed by atoms with van der Waals surface area (Å²) in [7, 11) is 1.37. The summed E-state index contributed by atoms with van der Waals surface area (Å²) >= 11 is 1.28. The fraction of sp³-hybridized carbons (Fsp3) is 0.133. The van der Waals surface area contributed by atoms with Crippen molar-refractivity contribution < 1.29 is 18.3 Å². The van der Waals surface area contributed by atoms with Crippen LogP contribution in [-0.2, 0) is 0 Å². The molecule has 0 aromatic heterocycles. The Bertz CT molecular complexity index is 612. The Hall–Kier alpha value is -1.88. The topological polar surface area (TPSA) is 26.3 Å². The maximum Gasteiger partial charge on any atom is 0.173 e.